The lowest BCUT2D eigenvalue weighted by molar-refractivity contribution is -0.132. The number of pyridine rings is 1. The van der Waals surface area contributed by atoms with E-state index in [9.17, 15) is 14.7 Å². The largest absolute Gasteiger partial charge is 0.507 e. The molecule has 0 unspecified atom stereocenters. The summed E-state index contributed by atoms with van der Waals surface area (Å²) in [6, 6.07) is 20.4. The average molecular weight is 435 g/mol. The molecular weight excluding hydrogens is 420 g/mol. The molecule has 28 heavy (non-hydrogen) atoms. The Morgan fingerprint density at radius 1 is 0.929 bits per heavy atom. The molecule has 0 bridgehead atoms. The van der Waals surface area contributed by atoms with Crippen molar-refractivity contribution in [2.45, 2.75) is 6.04 Å². The summed E-state index contributed by atoms with van der Waals surface area (Å²) in [4.78, 5) is 31.4. The molecule has 4 rings (SSSR count). The SMILES string of the molecule is O=C1C(=O)N(c2ccccn2)[C@@H](c2ccc(Br)cc2)C1=C(O)c1ccccc1. The maximum absolute atomic E-state index is 12.9. The van der Waals surface area contributed by atoms with Gasteiger partial charge >= 0.3 is 5.91 Å². The molecule has 138 valence electrons. The van der Waals surface area contributed by atoms with Crippen LogP contribution in [-0.4, -0.2) is 21.8 Å². The monoisotopic (exact) mass is 434 g/mol. The van der Waals surface area contributed by atoms with Crippen LogP contribution in [0.2, 0.25) is 0 Å². The molecule has 1 aromatic heterocycles. The van der Waals surface area contributed by atoms with Crippen LogP contribution in [-0.2, 0) is 9.59 Å². The normalized spacial score (nSPS) is 18.5. The molecule has 1 saturated heterocycles. The molecule has 3 aromatic rings. The summed E-state index contributed by atoms with van der Waals surface area (Å²) >= 11 is 3.40. The number of hydrogen-bond acceptors (Lipinski definition) is 4. The highest BCUT2D eigenvalue weighted by Gasteiger charge is 2.47. The van der Waals surface area contributed by atoms with Crippen molar-refractivity contribution in [3.8, 4) is 0 Å². The molecule has 6 heteroatoms. The van der Waals surface area contributed by atoms with E-state index < -0.39 is 17.7 Å². The van der Waals surface area contributed by atoms with E-state index >= 15 is 0 Å². The van der Waals surface area contributed by atoms with Gasteiger partial charge in [-0.25, -0.2) is 4.98 Å². The molecule has 0 radical (unpaired) electrons. The summed E-state index contributed by atoms with van der Waals surface area (Å²) in [6.07, 6.45) is 1.56. The number of aliphatic hydroxyl groups excluding tert-OH is 1. The summed E-state index contributed by atoms with van der Waals surface area (Å²) < 4.78 is 0.870. The second kappa shape index (κ2) is 7.40. The molecule has 2 aromatic carbocycles. The number of aliphatic hydroxyl groups is 1. The minimum Gasteiger partial charge on any atom is -0.507 e. The molecule has 1 aliphatic rings. The Kier molecular flexibility index (Phi) is 4.79. The van der Waals surface area contributed by atoms with Crippen LogP contribution in [0.25, 0.3) is 5.76 Å². The van der Waals surface area contributed by atoms with Gasteiger partial charge in [-0.3, -0.25) is 14.5 Å². The van der Waals surface area contributed by atoms with E-state index in [-0.39, 0.29) is 11.3 Å². The van der Waals surface area contributed by atoms with Gasteiger partial charge in [0.2, 0.25) is 0 Å². The first-order chi connectivity index (χ1) is 13.6. The number of rotatable bonds is 3. The Morgan fingerprint density at radius 2 is 1.61 bits per heavy atom. The minimum absolute atomic E-state index is 0.0455. The number of ketones is 1. The van der Waals surface area contributed by atoms with E-state index in [1.54, 1.807) is 48.7 Å². The van der Waals surface area contributed by atoms with Crippen molar-refractivity contribution in [2.24, 2.45) is 0 Å². The average Bonchev–Trinajstić information content (AvgIpc) is 3.00. The molecular formula is C22H15BrN2O3. The van der Waals surface area contributed by atoms with Crippen LogP contribution >= 0.6 is 15.9 Å². The van der Waals surface area contributed by atoms with E-state index in [0.717, 1.165) is 4.47 Å². The number of nitrogens with zero attached hydrogens (tertiary/aromatic N) is 2. The van der Waals surface area contributed by atoms with Gasteiger partial charge in [0.05, 0.1) is 11.6 Å². The van der Waals surface area contributed by atoms with E-state index in [1.807, 2.05) is 30.3 Å². The van der Waals surface area contributed by atoms with Gasteiger partial charge < -0.3 is 5.11 Å². The van der Waals surface area contributed by atoms with Crippen molar-refractivity contribution in [3.63, 3.8) is 0 Å². The van der Waals surface area contributed by atoms with Crippen LogP contribution in [0.1, 0.15) is 17.2 Å². The maximum atomic E-state index is 12.9. The van der Waals surface area contributed by atoms with Crippen LogP contribution in [0.5, 0.6) is 0 Å². The van der Waals surface area contributed by atoms with Crippen molar-refractivity contribution >= 4 is 39.2 Å². The van der Waals surface area contributed by atoms with Gasteiger partial charge in [-0.1, -0.05) is 64.5 Å². The molecule has 1 N–H and O–H groups in total. The molecule has 0 saturated carbocycles. The number of halogens is 1. The smallest absolute Gasteiger partial charge is 0.301 e. The van der Waals surface area contributed by atoms with Gasteiger partial charge in [0.25, 0.3) is 5.78 Å². The van der Waals surface area contributed by atoms with Gasteiger partial charge in [0.1, 0.15) is 11.6 Å². The lowest BCUT2D eigenvalue weighted by Gasteiger charge is -2.24. The first-order valence-electron chi connectivity index (χ1n) is 8.61. The Balaban J connectivity index is 1.95. The quantitative estimate of drug-likeness (QED) is 0.375. The van der Waals surface area contributed by atoms with Crippen molar-refractivity contribution in [2.75, 3.05) is 4.90 Å². The third-order valence-corrected chi connectivity index (χ3v) is 5.10. The van der Waals surface area contributed by atoms with Crippen molar-refractivity contribution in [1.82, 2.24) is 4.98 Å². The van der Waals surface area contributed by atoms with Crippen LogP contribution in [0.4, 0.5) is 5.82 Å². The third-order valence-electron chi connectivity index (χ3n) is 4.57. The van der Waals surface area contributed by atoms with Crippen LogP contribution in [0.15, 0.2) is 89.0 Å². The Bertz CT molecular complexity index is 1060. The van der Waals surface area contributed by atoms with E-state index in [2.05, 4.69) is 20.9 Å². The Morgan fingerprint density at radius 3 is 2.25 bits per heavy atom. The summed E-state index contributed by atoms with van der Waals surface area (Å²) in [7, 11) is 0. The third kappa shape index (κ3) is 3.12. The zero-order valence-electron chi connectivity index (χ0n) is 14.6. The number of aromatic nitrogens is 1. The lowest BCUT2D eigenvalue weighted by Crippen LogP contribution is -2.30. The van der Waals surface area contributed by atoms with Gasteiger partial charge in [-0.05, 0) is 29.8 Å². The molecule has 2 heterocycles. The number of anilines is 1. The number of hydrogen-bond donors (Lipinski definition) is 1. The van der Waals surface area contributed by atoms with Gasteiger partial charge in [0.15, 0.2) is 0 Å². The van der Waals surface area contributed by atoms with Crippen LogP contribution in [0, 0.1) is 0 Å². The topological polar surface area (TPSA) is 70.5 Å². The first-order valence-corrected chi connectivity index (χ1v) is 9.40. The summed E-state index contributed by atoms with van der Waals surface area (Å²) in [5.74, 6) is -1.31. The predicted octanol–water partition coefficient (Wildman–Crippen LogP) is 4.47. The number of carbonyl (C=O) groups excluding carboxylic acids is 2. The van der Waals surface area contributed by atoms with Gasteiger partial charge in [0, 0.05) is 16.2 Å². The maximum Gasteiger partial charge on any atom is 0.301 e. The molecule has 1 aliphatic heterocycles. The molecule has 1 amide bonds. The van der Waals surface area contributed by atoms with E-state index in [4.69, 9.17) is 0 Å². The molecule has 0 spiro atoms. The molecule has 0 aliphatic carbocycles. The fourth-order valence-electron chi connectivity index (χ4n) is 3.28. The van der Waals surface area contributed by atoms with E-state index in [0.29, 0.717) is 16.9 Å². The van der Waals surface area contributed by atoms with Gasteiger partial charge in [-0.2, -0.15) is 0 Å². The second-order valence-corrected chi connectivity index (χ2v) is 7.19. The Labute approximate surface area is 170 Å². The van der Waals surface area contributed by atoms with Crippen molar-refractivity contribution in [1.29, 1.82) is 0 Å². The number of Topliss-reactive ketones (excluding diaryl/α,β-unsaturated/α-hetero) is 1. The Hall–Kier alpha value is -3.25. The zero-order valence-corrected chi connectivity index (χ0v) is 16.2. The summed E-state index contributed by atoms with van der Waals surface area (Å²) in [5, 5.41) is 10.9. The highest BCUT2D eigenvalue weighted by molar-refractivity contribution is 9.10. The molecule has 1 atom stereocenters. The first kappa shape index (κ1) is 18.1. The standard InChI is InChI=1S/C22H15BrN2O3/c23-16-11-9-14(10-12-16)19-18(20(26)15-6-2-1-3-7-15)21(27)22(28)25(19)17-8-4-5-13-24-17/h1-13,19,26H/t19-/m0/s1. The zero-order chi connectivity index (χ0) is 19.7. The highest BCUT2D eigenvalue weighted by atomic mass is 79.9. The molecule has 1 fully saturated rings. The van der Waals surface area contributed by atoms with Gasteiger partial charge in [-0.15, -0.1) is 0 Å². The van der Waals surface area contributed by atoms with Crippen LogP contribution in [0.3, 0.4) is 0 Å². The highest BCUT2D eigenvalue weighted by Crippen LogP contribution is 2.41. The number of benzene rings is 2. The summed E-state index contributed by atoms with van der Waals surface area (Å²) in [5.41, 5.74) is 1.22. The number of amides is 1. The summed E-state index contributed by atoms with van der Waals surface area (Å²) in [6.45, 7) is 0. The minimum atomic E-state index is -0.775. The van der Waals surface area contributed by atoms with Crippen molar-refractivity contribution in [3.05, 3.63) is 100 Å². The fourth-order valence-corrected chi connectivity index (χ4v) is 3.54. The molecule has 5 nitrogen and oxygen atoms in total. The lowest BCUT2D eigenvalue weighted by atomic mass is 9.95. The van der Waals surface area contributed by atoms with E-state index in [1.165, 1.54) is 4.90 Å². The van der Waals surface area contributed by atoms with Crippen molar-refractivity contribution < 1.29 is 14.7 Å². The number of carbonyl (C=O) groups is 2. The fraction of sp³-hybridized carbons (Fsp3) is 0.0455. The van der Waals surface area contributed by atoms with Crippen LogP contribution < -0.4 is 4.90 Å². The second-order valence-electron chi connectivity index (χ2n) is 6.27. The predicted molar refractivity (Wildman–Crippen MR) is 110 cm³/mol.